The van der Waals surface area contributed by atoms with Crippen LogP contribution in [0.15, 0.2) is 24.5 Å². The van der Waals surface area contributed by atoms with E-state index in [1.165, 1.54) is 4.63 Å². The van der Waals surface area contributed by atoms with Gasteiger partial charge >= 0.3 is 0 Å². The van der Waals surface area contributed by atoms with Gasteiger partial charge in [0, 0.05) is 38.0 Å². The third-order valence-corrected chi connectivity index (χ3v) is 5.43. The lowest BCUT2D eigenvalue weighted by molar-refractivity contribution is -0.124. The Labute approximate surface area is 152 Å². The van der Waals surface area contributed by atoms with Crippen molar-refractivity contribution in [2.45, 2.75) is 31.4 Å². The molecule has 1 saturated carbocycles. The van der Waals surface area contributed by atoms with E-state index >= 15 is 0 Å². The maximum Gasteiger partial charge on any atom is 0.255 e. The van der Waals surface area contributed by atoms with Crippen molar-refractivity contribution < 1.29 is 14.3 Å². The summed E-state index contributed by atoms with van der Waals surface area (Å²) in [4.78, 5) is 15.2. The summed E-state index contributed by atoms with van der Waals surface area (Å²) in [5.74, 6) is -0.111. The summed E-state index contributed by atoms with van der Waals surface area (Å²) in [6, 6.07) is 3.66. The molecule has 0 aromatic carbocycles. The molecule has 140 valence electrons. The van der Waals surface area contributed by atoms with Gasteiger partial charge in [0.1, 0.15) is 5.52 Å². The Morgan fingerprint density at radius 3 is 2.96 bits per heavy atom. The second kappa shape index (κ2) is 7.30. The van der Waals surface area contributed by atoms with Gasteiger partial charge in [-0.15, -0.1) is 0 Å². The number of aromatic nitrogens is 3. The van der Waals surface area contributed by atoms with Crippen molar-refractivity contribution in [1.82, 2.24) is 25.0 Å². The summed E-state index contributed by atoms with van der Waals surface area (Å²) in [7, 11) is 0. The van der Waals surface area contributed by atoms with Crippen LogP contribution in [0.25, 0.3) is 5.52 Å². The van der Waals surface area contributed by atoms with Crippen LogP contribution < -0.4 is 5.32 Å². The lowest BCUT2D eigenvalue weighted by Gasteiger charge is -2.55. The number of carbonyl (C=O) groups excluding carboxylic acids is 1. The van der Waals surface area contributed by atoms with Gasteiger partial charge in [-0.3, -0.25) is 9.69 Å². The Kier molecular flexibility index (Phi) is 4.88. The number of carbonyl (C=O) groups is 1. The zero-order valence-electron chi connectivity index (χ0n) is 15.1. The number of hydrogen-bond acceptors (Lipinski definition) is 6. The molecule has 1 N–H and O–H groups in total. The molecule has 0 radical (unpaired) electrons. The van der Waals surface area contributed by atoms with E-state index in [1.807, 2.05) is 19.1 Å². The van der Waals surface area contributed by atoms with E-state index in [0.29, 0.717) is 17.6 Å². The van der Waals surface area contributed by atoms with Crippen LogP contribution in [-0.2, 0) is 9.47 Å². The summed E-state index contributed by atoms with van der Waals surface area (Å²) in [5, 5.41) is 11.4. The average molecular weight is 359 g/mol. The standard InChI is InChI=1S/C18H25N5O3/c1-2-26-14-10-18(11-14,22-6-8-25-9-7-22)13-19-17(24)15-12-21-23-16(15)4-3-5-20-23/h3-5,12,14H,2,6-11,13H2,1H3,(H,19,24). The molecular weight excluding hydrogens is 334 g/mol. The molecular formula is C18H25N5O3. The van der Waals surface area contributed by atoms with E-state index in [4.69, 9.17) is 9.47 Å². The van der Waals surface area contributed by atoms with Gasteiger partial charge < -0.3 is 14.8 Å². The molecule has 8 nitrogen and oxygen atoms in total. The molecule has 1 aliphatic heterocycles. The molecule has 1 saturated heterocycles. The quantitative estimate of drug-likeness (QED) is 0.819. The molecule has 26 heavy (non-hydrogen) atoms. The Bertz CT molecular complexity index is 765. The number of hydrogen-bond donors (Lipinski definition) is 1. The van der Waals surface area contributed by atoms with E-state index in [1.54, 1.807) is 12.4 Å². The number of amides is 1. The zero-order chi connectivity index (χ0) is 18.0. The van der Waals surface area contributed by atoms with Gasteiger partial charge in [-0.1, -0.05) is 0 Å². The first-order valence-corrected chi connectivity index (χ1v) is 9.23. The van der Waals surface area contributed by atoms with Crippen molar-refractivity contribution in [1.29, 1.82) is 0 Å². The average Bonchev–Trinajstić information content (AvgIpc) is 3.08. The van der Waals surface area contributed by atoms with Crippen molar-refractivity contribution in [3.8, 4) is 0 Å². The predicted octanol–water partition coefficient (Wildman–Crippen LogP) is 0.729. The van der Waals surface area contributed by atoms with E-state index in [2.05, 4.69) is 20.4 Å². The van der Waals surface area contributed by atoms with E-state index in [9.17, 15) is 4.79 Å². The fraction of sp³-hybridized carbons (Fsp3) is 0.611. The molecule has 2 aromatic heterocycles. The van der Waals surface area contributed by atoms with Crippen LogP contribution in [0.3, 0.4) is 0 Å². The summed E-state index contributed by atoms with van der Waals surface area (Å²) in [6.45, 7) is 6.64. The molecule has 3 heterocycles. The van der Waals surface area contributed by atoms with Gasteiger partial charge in [-0.2, -0.15) is 14.8 Å². The van der Waals surface area contributed by atoms with Gasteiger partial charge in [0.25, 0.3) is 5.91 Å². The number of nitrogens with one attached hydrogen (secondary N) is 1. The number of fused-ring (bicyclic) bond motifs is 1. The summed E-state index contributed by atoms with van der Waals surface area (Å²) in [5.41, 5.74) is 1.22. The van der Waals surface area contributed by atoms with Gasteiger partial charge in [0.05, 0.1) is 31.1 Å². The summed E-state index contributed by atoms with van der Waals surface area (Å²) >= 11 is 0. The number of ether oxygens (including phenoxy) is 2. The minimum Gasteiger partial charge on any atom is -0.379 e. The first kappa shape index (κ1) is 17.4. The minimum absolute atomic E-state index is 0.0412. The molecule has 8 heteroatoms. The third kappa shape index (κ3) is 3.20. The topological polar surface area (TPSA) is 81.0 Å². The minimum atomic E-state index is -0.111. The number of morpholine rings is 1. The van der Waals surface area contributed by atoms with E-state index in [-0.39, 0.29) is 17.6 Å². The molecule has 2 aromatic rings. The van der Waals surface area contributed by atoms with Gasteiger partial charge in [-0.05, 0) is 31.9 Å². The third-order valence-electron chi connectivity index (χ3n) is 5.43. The maximum absolute atomic E-state index is 12.7. The molecule has 0 unspecified atom stereocenters. The molecule has 1 amide bonds. The fourth-order valence-corrected chi connectivity index (χ4v) is 4.04. The van der Waals surface area contributed by atoms with E-state index < -0.39 is 0 Å². The van der Waals surface area contributed by atoms with Crippen molar-refractivity contribution in [2.75, 3.05) is 39.5 Å². The van der Waals surface area contributed by atoms with Gasteiger partial charge in [-0.25, -0.2) is 0 Å². The molecule has 0 bridgehead atoms. The van der Waals surface area contributed by atoms with Crippen molar-refractivity contribution >= 4 is 11.4 Å². The normalized spacial score (nSPS) is 26.6. The Hall–Kier alpha value is -2.03. The molecule has 2 fully saturated rings. The van der Waals surface area contributed by atoms with Crippen molar-refractivity contribution in [3.63, 3.8) is 0 Å². The summed E-state index contributed by atoms with van der Waals surface area (Å²) in [6.07, 6.45) is 5.38. The number of rotatable bonds is 6. The SMILES string of the molecule is CCOC1CC(CNC(=O)c2cnn3ncccc23)(N2CCOCC2)C1. The summed E-state index contributed by atoms with van der Waals surface area (Å²) < 4.78 is 12.7. The van der Waals surface area contributed by atoms with Crippen LogP contribution in [0.1, 0.15) is 30.1 Å². The highest BCUT2D eigenvalue weighted by Crippen LogP contribution is 2.40. The molecule has 4 rings (SSSR count). The highest BCUT2D eigenvalue weighted by atomic mass is 16.5. The first-order valence-electron chi connectivity index (χ1n) is 9.23. The van der Waals surface area contributed by atoms with Crippen molar-refractivity contribution in [2.24, 2.45) is 0 Å². The van der Waals surface area contributed by atoms with Crippen LogP contribution in [0, 0.1) is 0 Å². The zero-order valence-corrected chi connectivity index (χ0v) is 15.1. The highest BCUT2D eigenvalue weighted by Gasteiger charge is 2.49. The highest BCUT2D eigenvalue weighted by molar-refractivity contribution is 6.00. The fourth-order valence-electron chi connectivity index (χ4n) is 4.04. The lowest BCUT2D eigenvalue weighted by Crippen LogP contribution is -2.67. The molecule has 0 atom stereocenters. The Balaban J connectivity index is 1.45. The van der Waals surface area contributed by atoms with Crippen LogP contribution in [0.5, 0.6) is 0 Å². The van der Waals surface area contributed by atoms with Crippen LogP contribution >= 0.6 is 0 Å². The van der Waals surface area contributed by atoms with Crippen LogP contribution in [0.4, 0.5) is 0 Å². The van der Waals surface area contributed by atoms with Gasteiger partial charge in [0.2, 0.25) is 0 Å². The molecule has 1 aliphatic carbocycles. The van der Waals surface area contributed by atoms with Crippen LogP contribution in [0.2, 0.25) is 0 Å². The van der Waals surface area contributed by atoms with Crippen LogP contribution in [-0.4, -0.2) is 76.7 Å². The molecule has 0 spiro atoms. The van der Waals surface area contributed by atoms with Crippen molar-refractivity contribution in [3.05, 3.63) is 30.1 Å². The molecule has 2 aliphatic rings. The smallest absolute Gasteiger partial charge is 0.255 e. The largest absolute Gasteiger partial charge is 0.379 e. The monoisotopic (exact) mass is 359 g/mol. The Morgan fingerprint density at radius 2 is 2.19 bits per heavy atom. The first-order chi connectivity index (χ1) is 12.7. The predicted molar refractivity (Wildman–Crippen MR) is 95.1 cm³/mol. The Morgan fingerprint density at radius 1 is 1.38 bits per heavy atom. The van der Waals surface area contributed by atoms with E-state index in [0.717, 1.165) is 45.8 Å². The second-order valence-corrected chi connectivity index (χ2v) is 6.95. The lowest BCUT2D eigenvalue weighted by atomic mass is 9.72. The number of nitrogens with zero attached hydrogens (tertiary/aromatic N) is 4. The van der Waals surface area contributed by atoms with Gasteiger partial charge in [0.15, 0.2) is 0 Å². The second-order valence-electron chi connectivity index (χ2n) is 6.95. The maximum atomic E-state index is 12.7.